The van der Waals surface area contributed by atoms with Gasteiger partial charge in [0, 0.05) is 13.1 Å². The van der Waals surface area contributed by atoms with Crippen LogP contribution in [0, 0.1) is 11.3 Å². The molecule has 0 spiro atoms. The molecule has 2 aliphatic carbocycles. The van der Waals surface area contributed by atoms with Crippen molar-refractivity contribution in [2.75, 3.05) is 13.1 Å². The summed E-state index contributed by atoms with van der Waals surface area (Å²) < 4.78 is 0. The Labute approximate surface area is 109 Å². The summed E-state index contributed by atoms with van der Waals surface area (Å²) in [6.07, 6.45) is 8.22. The predicted octanol–water partition coefficient (Wildman–Crippen LogP) is 1.17. The van der Waals surface area contributed by atoms with Crippen molar-refractivity contribution in [1.29, 1.82) is 0 Å². The third-order valence-electron chi connectivity index (χ3n) is 4.57. The Hall–Kier alpha value is -0.610. The molecule has 0 saturated heterocycles. The highest BCUT2D eigenvalue weighted by Gasteiger charge is 2.38. The molecule has 0 aliphatic heterocycles. The smallest absolute Gasteiger partial charge is 0.227 e. The first-order valence-corrected chi connectivity index (χ1v) is 7.34. The minimum atomic E-state index is -0.375. The Morgan fingerprint density at radius 1 is 1.28 bits per heavy atom. The van der Waals surface area contributed by atoms with Crippen molar-refractivity contribution in [3.8, 4) is 0 Å². The maximum atomic E-state index is 12.3. The van der Waals surface area contributed by atoms with Crippen LogP contribution in [0.4, 0.5) is 0 Å². The van der Waals surface area contributed by atoms with Gasteiger partial charge in [-0.1, -0.05) is 25.7 Å². The van der Waals surface area contributed by atoms with Crippen LogP contribution in [-0.4, -0.2) is 30.2 Å². The van der Waals surface area contributed by atoms with E-state index in [1.165, 1.54) is 12.8 Å². The third-order valence-corrected chi connectivity index (χ3v) is 4.57. The highest BCUT2D eigenvalue weighted by atomic mass is 16.3. The summed E-state index contributed by atoms with van der Waals surface area (Å²) in [5.41, 5.74) is 5.49. The Balaban J connectivity index is 1.86. The van der Waals surface area contributed by atoms with Gasteiger partial charge >= 0.3 is 0 Å². The SMILES string of the molecule is NCC1(C(=O)NCC(O)C2CC2)CCCCCC1. The summed E-state index contributed by atoms with van der Waals surface area (Å²) in [5.74, 6) is 0.472. The number of amides is 1. The molecule has 1 atom stereocenters. The van der Waals surface area contributed by atoms with Crippen molar-refractivity contribution >= 4 is 5.91 Å². The fraction of sp³-hybridized carbons (Fsp3) is 0.929. The van der Waals surface area contributed by atoms with E-state index in [2.05, 4.69) is 5.32 Å². The van der Waals surface area contributed by atoms with E-state index in [1.807, 2.05) is 0 Å². The molecule has 4 heteroatoms. The van der Waals surface area contributed by atoms with Gasteiger partial charge in [0.25, 0.3) is 0 Å². The second kappa shape index (κ2) is 6.02. The van der Waals surface area contributed by atoms with Crippen LogP contribution >= 0.6 is 0 Å². The number of nitrogens with two attached hydrogens (primary N) is 1. The Morgan fingerprint density at radius 2 is 1.89 bits per heavy atom. The van der Waals surface area contributed by atoms with Gasteiger partial charge in [0.15, 0.2) is 0 Å². The fourth-order valence-electron chi connectivity index (χ4n) is 2.96. The van der Waals surface area contributed by atoms with Gasteiger partial charge < -0.3 is 16.2 Å². The number of rotatable bonds is 5. The largest absolute Gasteiger partial charge is 0.391 e. The average molecular weight is 254 g/mol. The van der Waals surface area contributed by atoms with E-state index in [1.54, 1.807) is 0 Å². The summed E-state index contributed by atoms with van der Waals surface area (Å²) in [7, 11) is 0. The molecular formula is C14H26N2O2. The Bertz CT molecular complexity index is 282. The van der Waals surface area contributed by atoms with Gasteiger partial charge in [-0.05, 0) is 31.6 Å². The molecule has 0 aromatic carbocycles. The molecule has 4 nitrogen and oxygen atoms in total. The zero-order chi connectivity index (χ0) is 13.0. The standard InChI is InChI=1S/C14H26N2O2/c15-10-14(7-3-1-2-4-8-14)13(18)16-9-12(17)11-5-6-11/h11-12,17H,1-10,15H2,(H,16,18). The van der Waals surface area contributed by atoms with E-state index in [-0.39, 0.29) is 17.4 Å². The molecule has 1 unspecified atom stereocenters. The summed E-state index contributed by atoms with van der Waals surface area (Å²) in [6, 6.07) is 0. The van der Waals surface area contributed by atoms with E-state index in [9.17, 15) is 9.90 Å². The molecule has 18 heavy (non-hydrogen) atoms. The Morgan fingerprint density at radius 3 is 2.39 bits per heavy atom. The van der Waals surface area contributed by atoms with Gasteiger partial charge in [0.2, 0.25) is 5.91 Å². The van der Waals surface area contributed by atoms with Crippen LogP contribution in [0.1, 0.15) is 51.4 Å². The molecule has 0 radical (unpaired) electrons. The first kappa shape index (κ1) is 13.8. The van der Waals surface area contributed by atoms with E-state index in [0.29, 0.717) is 19.0 Å². The molecule has 0 heterocycles. The summed E-state index contributed by atoms with van der Waals surface area (Å²) in [5, 5.41) is 12.7. The third kappa shape index (κ3) is 3.23. The van der Waals surface area contributed by atoms with Crippen molar-refractivity contribution < 1.29 is 9.90 Å². The second-order valence-corrected chi connectivity index (χ2v) is 6.01. The van der Waals surface area contributed by atoms with Crippen molar-refractivity contribution in [1.82, 2.24) is 5.32 Å². The van der Waals surface area contributed by atoms with Gasteiger partial charge in [-0.2, -0.15) is 0 Å². The fourth-order valence-corrected chi connectivity index (χ4v) is 2.96. The van der Waals surface area contributed by atoms with E-state index in [0.717, 1.165) is 38.5 Å². The minimum Gasteiger partial charge on any atom is -0.391 e. The topological polar surface area (TPSA) is 75.4 Å². The molecule has 104 valence electrons. The lowest BCUT2D eigenvalue weighted by Gasteiger charge is -2.30. The first-order valence-electron chi connectivity index (χ1n) is 7.34. The van der Waals surface area contributed by atoms with Crippen LogP contribution in [-0.2, 0) is 4.79 Å². The number of carbonyl (C=O) groups is 1. The monoisotopic (exact) mass is 254 g/mol. The van der Waals surface area contributed by atoms with E-state index >= 15 is 0 Å². The molecule has 2 rings (SSSR count). The van der Waals surface area contributed by atoms with Crippen LogP contribution < -0.4 is 11.1 Å². The lowest BCUT2D eigenvalue weighted by Crippen LogP contribution is -2.47. The number of nitrogens with one attached hydrogen (secondary N) is 1. The van der Waals surface area contributed by atoms with Gasteiger partial charge in [-0.15, -0.1) is 0 Å². The summed E-state index contributed by atoms with van der Waals surface area (Å²) in [4.78, 5) is 12.3. The zero-order valence-electron chi connectivity index (χ0n) is 11.2. The molecule has 2 fully saturated rings. The normalized spacial score (nSPS) is 25.2. The summed E-state index contributed by atoms with van der Waals surface area (Å²) >= 11 is 0. The van der Waals surface area contributed by atoms with Gasteiger partial charge in [-0.3, -0.25) is 4.79 Å². The lowest BCUT2D eigenvalue weighted by atomic mass is 9.79. The van der Waals surface area contributed by atoms with Crippen molar-refractivity contribution in [2.24, 2.45) is 17.1 Å². The Kier molecular flexibility index (Phi) is 4.62. The molecule has 0 aromatic heterocycles. The van der Waals surface area contributed by atoms with Crippen LogP contribution in [0.2, 0.25) is 0 Å². The maximum Gasteiger partial charge on any atom is 0.227 e. The average Bonchev–Trinajstić information content (AvgIpc) is 3.21. The van der Waals surface area contributed by atoms with E-state index in [4.69, 9.17) is 5.73 Å². The number of hydrogen-bond acceptors (Lipinski definition) is 3. The van der Waals surface area contributed by atoms with Gasteiger partial charge in [-0.25, -0.2) is 0 Å². The van der Waals surface area contributed by atoms with Crippen LogP contribution in [0.3, 0.4) is 0 Å². The van der Waals surface area contributed by atoms with Crippen LogP contribution in [0.25, 0.3) is 0 Å². The molecule has 0 aromatic rings. The molecule has 2 aliphatic rings. The van der Waals surface area contributed by atoms with Crippen molar-refractivity contribution in [3.63, 3.8) is 0 Å². The lowest BCUT2D eigenvalue weighted by molar-refractivity contribution is -0.131. The predicted molar refractivity (Wildman–Crippen MR) is 70.9 cm³/mol. The zero-order valence-corrected chi connectivity index (χ0v) is 11.2. The van der Waals surface area contributed by atoms with Crippen molar-refractivity contribution in [2.45, 2.75) is 57.5 Å². The van der Waals surface area contributed by atoms with Crippen LogP contribution in [0.15, 0.2) is 0 Å². The second-order valence-electron chi connectivity index (χ2n) is 6.01. The van der Waals surface area contributed by atoms with Crippen LogP contribution in [0.5, 0.6) is 0 Å². The molecule has 0 bridgehead atoms. The van der Waals surface area contributed by atoms with Crippen molar-refractivity contribution in [3.05, 3.63) is 0 Å². The van der Waals surface area contributed by atoms with E-state index < -0.39 is 0 Å². The number of aliphatic hydroxyl groups excluding tert-OH is 1. The molecule has 2 saturated carbocycles. The number of hydrogen-bond donors (Lipinski definition) is 3. The van der Waals surface area contributed by atoms with Gasteiger partial charge in [0.1, 0.15) is 0 Å². The minimum absolute atomic E-state index is 0.0617. The first-order chi connectivity index (χ1) is 8.68. The highest BCUT2D eigenvalue weighted by Crippen LogP contribution is 2.35. The molecular weight excluding hydrogens is 228 g/mol. The maximum absolute atomic E-state index is 12.3. The molecule has 1 amide bonds. The molecule has 4 N–H and O–H groups in total. The highest BCUT2D eigenvalue weighted by molar-refractivity contribution is 5.82. The van der Waals surface area contributed by atoms with Gasteiger partial charge in [0.05, 0.1) is 11.5 Å². The summed E-state index contributed by atoms with van der Waals surface area (Å²) in [6.45, 7) is 0.823. The quantitative estimate of drug-likeness (QED) is 0.645. The number of aliphatic hydroxyl groups is 1. The number of carbonyl (C=O) groups excluding carboxylic acids is 1.